The molecular formula is C17H33NO3. The molecule has 0 N–H and O–H groups in total. The van der Waals surface area contributed by atoms with E-state index in [1.54, 1.807) is 0 Å². The Kier molecular flexibility index (Phi) is 6.23. The summed E-state index contributed by atoms with van der Waals surface area (Å²) in [4.78, 5) is 13.6. The lowest BCUT2D eigenvalue weighted by Crippen LogP contribution is -2.68. The van der Waals surface area contributed by atoms with Crippen LogP contribution >= 0.6 is 0 Å². The van der Waals surface area contributed by atoms with Crippen LogP contribution < -0.4 is 0 Å². The van der Waals surface area contributed by atoms with Gasteiger partial charge in [0.2, 0.25) is 0 Å². The van der Waals surface area contributed by atoms with Crippen LogP contribution in [0.5, 0.6) is 0 Å². The number of nitrogens with zero attached hydrogens (tertiary/aromatic N) is 1. The van der Waals surface area contributed by atoms with Crippen LogP contribution in [0.15, 0.2) is 0 Å². The molecule has 0 aliphatic carbocycles. The predicted molar refractivity (Wildman–Crippen MR) is 85.3 cm³/mol. The van der Waals surface area contributed by atoms with Crippen molar-refractivity contribution >= 4 is 5.97 Å². The minimum absolute atomic E-state index is 0.0594. The molecule has 1 rings (SSSR count). The topological polar surface area (TPSA) is 38.8 Å². The molecule has 4 nitrogen and oxygen atoms in total. The second kappa shape index (κ2) is 7.10. The lowest BCUT2D eigenvalue weighted by Gasteiger charge is -2.60. The van der Waals surface area contributed by atoms with E-state index >= 15 is 0 Å². The summed E-state index contributed by atoms with van der Waals surface area (Å²) in [5, 5.41) is 0. The molecule has 1 saturated heterocycles. The Morgan fingerprint density at radius 3 is 2.33 bits per heavy atom. The number of rotatable bonds is 6. The number of hydrogen-bond acceptors (Lipinski definition) is 4. The molecule has 0 spiro atoms. The van der Waals surface area contributed by atoms with E-state index in [0.29, 0.717) is 12.5 Å². The monoisotopic (exact) mass is 299 g/mol. The summed E-state index contributed by atoms with van der Waals surface area (Å²) in [6.45, 7) is 14.1. The number of likely N-dealkylation sites (tertiary alicyclic amines) is 1. The molecule has 1 heterocycles. The molecule has 1 aliphatic heterocycles. The normalized spacial score (nSPS) is 37.5. The van der Waals surface area contributed by atoms with E-state index in [2.05, 4.69) is 39.5 Å². The van der Waals surface area contributed by atoms with Crippen LogP contribution in [0.25, 0.3) is 0 Å². The minimum Gasteiger partial charge on any atom is -0.465 e. The van der Waals surface area contributed by atoms with Gasteiger partial charge in [0.25, 0.3) is 0 Å². The molecule has 0 bridgehead atoms. The van der Waals surface area contributed by atoms with E-state index in [4.69, 9.17) is 9.47 Å². The van der Waals surface area contributed by atoms with Gasteiger partial charge in [-0.3, -0.25) is 9.69 Å². The van der Waals surface area contributed by atoms with Gasteiger partial charge in [-0.15, -0.1) is 0 Å². The fraction of sp³-hybridized carbons (Fsp3) is 0.941. The van der Waals surface area contributed by atoms with Crippen molar-refractivity contribution in [3.63, 3.8) is 0 Å². The van der Waals surface area contributed by atoms with E-state index in [1.165, 1.54) is 6.92 Å². The molecule has 0 radical (unpaired) electrons. The van der Waals surface area contributed by atoms with Gasteiger partial charge in [-0.2, -0.15) is 0 Å². The molecule has 4 atom stereocenters. The Morgan fingerprint density at radius 1 is 1.29 bits per heavy atom. The first kappa shape index (κ1) is 18.4. The van der Waals surface area contributed by atoms with Crippen LogP contribution in [0.2, 0.25) is 0 Å². The number of carbonyl (C=O) groups excluding carboxylic acids is 1. The standard InChI is InChI=1S/C17H33NO3/c1-8-16(5)12-15(20-7)13(3)17(6,9-2)18(16)10-11-21-14(4)19/h13,15H,8-12H2,1-7H3. The molecule has 4 unspecified atom stereocenters. The molecule has 0 amide bonds. The lowest BCUT2D eigenvalue weighted by atomic mass is 9.68. The summed E-state index contributed by atoms with van der Waals surface area (Å²) in [5.74, 6) is 0.246. The molecule has 21 heavy (non-hydrogen) atoms. The van der Waals surface area contributed by atoms with Crippen molar-refractivity contribution in [3.8, 4) is 0 Å². The first-order valence-corrected chi connectivity index (χ1v) is 8.19. The fourth-order valence-electron chi connectivity index (χ4n) is 3.92. The van der Waals surface area contributed by atoms with Crippen molar-refractivity contribution in [1.82, 2.24) is 4.90 Å². The molecule has 4 heteroatoms. The Morgan fingerprint density at radius 2 is 1.90 bits per heavy atom. The molecule has 0 saturated carbocycles. The number of hydrogen-bond donors (Lipinski definition) is 0. The second-order valence-electron chi connectivity index (χ2n) is 6.82. The maximum absolute atomic E-state index is 11.0. The number of ether oxygens (including phenoxy) is 2. The smallest absolute Gasteiger partial charge is 0.302 e. The van der Waals surface area contributed by atoms with Crippen LogP contribution in [0.4, 0.5) is 0 Å². The highest BCUT2D eigenvalue weighted by atomic mass is 16.5. The van der Waals surface area contributed by atoms with Gasteiger partial charge in [0.1, 0.15) is 6.61 Å². The van der Waals surface area contributed by atoms with Gasteiger partial charge < -0.3 is 9.47 Å². The van der Waals surface area contributed by atoms with Gasteiger partial charge in [0, 0.05) is 37.6 Å². The summed E-state index contributed by atoms with van der Waals surface area (Å²) in [6, 6.07) is 0. The van der Waals surface area contributed by atoms with Gasteiger partial charge in [0.05, 0.1) is 6.10 Å². The molecule has 0 aromatic rings. The highest BCUT2D eigenvalue weighted by Gasteiger charge is 2.52. The maximum atomic E-state index is 11.0. The third kappa shape index (κ3) is 3.59. The zero-order valence-corrected chi connectivity index (χ0v) is 14.9. The van der Waals surface area contributed by atoms with Gasteiger partial charge in [0.15, 0.2) is 0 Å². The van der Waals surface area contributed by atoms with Crippen LogP contribution in [-0.2, 0) is 14.3 Å². The van der Waals surface area contributed by atoms with Gasteiger partial charge in [-0.05, 0) is 33.1 Å². The van der Waals surface area contributed by atoms with Crippen molar-refractivity contribution in [2.75, 3.05) is 20.3 Å². The average Bonchev–Trinajstić information content (AvgIpc) is 2.46. The second-order valence-corrected chi connectivity index (χ2v) is 6.82. The summed E-state index contributed by atoms with van der Waals surface area (Å²) in [7, 11) is 1.82. The Balaban J connectivity index is 3.03. The van der Waals surface area contributed by atoms with Crippen LogP contribution in [-0.4, -0.2) is 48.3 Å². The van der Waals surface area contributed by atoms with Crippen molar-refractivity contribution in [2.45, 2.75) is 78.0 Å². The van der Waals surface area contributed by atoms with Crippen LogP contribution in [0, 0.1) is 5.92 Å². The number of piperidine rings is 1. The molecule has 1 fully saturated rings. The zero-order chi connectivity index (χ0) is 16.3. The molecule has 1 aliphatic rings. The lowest BCUT2D eigenvalue weighted by molar-refractivity contribution is -0.158. The number of esters is 1. The summed E-state index contributed by atoms with van der Waals surface area (Å²) < 4.78 is 11.0. The van der Waals surface area contributed by atoms with Crippen molar-refractivity contribution in [1.29, 1.82) is 0 Å². The third-order valence-corrected chi connectivity index (χ3v) is 5.85. The van der Waals surface area contributed by atoms with E-state index in [9.17, 15) is 4.79 Å². The van der Waals surface area contributed by atoms with E-state index in [-0.39, 0.29) is 23.2 Å². The van der Waals surface area contributed by atoms with E-state index < -0.39 is 0 Å². The maximum Gasteiger partial charge on any atom is 0.302 e. The van der Waals surface area contributed by atoms with Crippen molar-refractivity contribution in [3.05, 3.63) is 0 Å². The summed E-state index contributed by atoms with van der Waals surface area (Å²) >= 11 is 0. The van der Waals surface area contributed by atoms with Crippen molar-refractivity contribution in [2.24, 2.45) is 5.92 Å². The molecule has 0 aromatic heterocycles. The van der Waals surface area contributed by atoms with Crippen molar-refractivity contribution < 1.29 is 14.3 Å². The van der Waals surface area contributed by atoms with E-state index in [1.807, 2.05) is 7.11 Å². The zero-order valence-electron chi connectivity index (χ0n) is 14.9. The minimum atomic E-state index is -0.203. The Labute approximate surface area is 130 Å². The Hall–Kier alpha value is -0.610. The third-order valence-electron chi connectivity index (χ3n) is 5.85. The highest BCUT2D eigenvalue weighted by Crippen LogP contribution is 2.46. The highest BCUT2D eigenvalue weighted by molar-refractivity contribution is 5.65. The quantitative estimate of drug-likeness (QED) is 0.706. The van der Waals surface area contributed by atoms with E-state index in [0.717, 1.165) is 25.8 Å². The van der Waals surface area contributed by atoms with Crippen LogP contribution in [0.1, 0.15) is 60.8 Å². The van der Waals surface area contributed by atoms with Crippen LogP contribution in [0.3, 0.4) is 0 Å². The largest absolute Gasteiger partial charge is 0.465 e. The average molecular weight is 299 g/mol. The number of methoxy groups -OCH3 is 1. The van der Waals surface area contributed by atoms with Gasteiger partial charge >= 0.3 is 5.97 Å². The first-order chi connectivity index (χ1) is 9.75. The first-order valence-electron chi connectivity index (χ1n) is 8.19. The molecular weight excluding hydrogens is 266 g/mol. The summed E-state index contributed by atoms with van der Waals surface area (Å²) in [6.07, 6.45) is 3.43. The molecule has 124 valence electrons. The predicted octanol–water partition coefficient (Wildman–Crippen LogP) is 3.24. The molecule has 0 aromatic carbocycles. The number of carbonyl (C=O) groups is 1. The van der Waals surface area contributed by atoms with Gasteiger partial charge in [-0.1, -0.05) is 20.8 Å². The van der Waals surface area contributed by atoms with Gasteiger partial charge in [-0.25, -0.2) is 0 Å². The summed E-state index contributed by atoms with van der Waals surface area (Å²) in [5.41, 5.74) is 0.141. The SMILES string of the molecule is CCC1(C)CC(OC)C(C)C(C)(CC)N1CCOC(C)=O. The Bertz CT molecular complexity index is 360. The fourth-order valence-corrected chi connectivity index (χ4v) is 3.92.